The molecule has 1 aromatic heterocycles. The number of aromatic nitrogens is 2. The summed E-state index contributed by atoms with van der Waals surface area (Å²) in [6, 6.07) is 2.83. The molecule has 0 amide bonds. The summed E-state index contributed by atoms with van der Waals surface area (Å²) in [7, 11) is 3.63. The van der Waals surface area contributed by atoms with E-state index in [4.69, 9.17) is 0 Å². The van der Waals surface area contributed by atoms with E-state index in [9.17, 15) is 10.1 Å². The number of non-ortho nitro benzene ring substituents is 1. The fraction of sp³-hybridized carbons (Fsp3) is 0.222. The second kappa shape index (κ2) is 4.16. The zero-order valence-corrected chi connectivity index (χ0v) is 9.19. The molecule has 2 aromatic rings. The quantitative estimate of drug-likeness (QED) is 0.344. The van der Waals surface area contributed by atoms with Gasteiger partial charge in [0.25, 0.3) is 0 Å². The van der Waals surface area contributed by atoms with Crippen molar-refractivity contribution in [1.82, 2.24) is 15.2 Å². The number of benzene rings is 1. The molecule has 0 aliphatic carbocycles. The maximum absolute atomic E-state index is 10.7. The van der Waals surface area contributed by atoms with Crippen LogP contribution >= 0.6 is 0 Å². The van der Waals surface area contributed by atoms with Gasteiger partial charge in [-0.15, -0.1) is 0 Å². The number of fused-ring (bicyclic) bond motifs is 1. The Bertz CT molecular complexity index is 589. The van der Waals surface area contributed by atoms with Crippen molar-refractivity contribution in [3.63, 3.8) is 0 Å². The lowest BCUT2D eigenvalue weighted by atomic mass is 10.2. The summed E-state index contributed by atoms with van der Waals surface area (Å²) in [5.74, 6) is 0. The van der Waals surface area contributed by atoms with Crippen LogP contribution in [0.5, 0.6) is 0 Å². The van der Waals surface area contributed by atoms with Crippen molar-refractivity contribution in [2.24, 2.45) is 4.99 Å². The molecule has 0 fully saturated rings. The average Bonchev–Trinajstić information content (AvgIpc) is 2.73. The van der Waals surface area contributed by atoms with Crippen LogP contribution in [0.25, 0.3) is 11.0 Å². The third-order valence-electron chi connectivity index (χ3n) is 2.00. The first kappa shape index (κ1) is 11.0. The van der Waals surface area contributed by atoms with Crippen LogP contribution in [0.15, 0.2) is 21.8 Å². The van der Waals surface area contributed by atoms with E-state index in [2.05, 4.69) is 19.9 Å². The minimum absolute atomic E-state index is 0.100. The molecule has 1 heterocycles. The van der Waals surface area contributed by atoms with Crippen LogP contribution in [0, 0.1) is 10.1 Å². The summed E-state index contributed by atoms with van der Waals surface area (Å²) in [6.45, 7) is 0. The fourth-order valence-corrected chi connectivity index (χ4v) is 1.27. The molecule has 0 radical (unpaired) electrons. The van der Waals surface area contributed by atoms with Crippen molar-refractivity contribution in [3.05, 3.63) is 22.2 Å². The predicted octanol–water partition coefficient (Wildman–Crippen LogP) is 1.35. The zero-order chi connectivity index (χ0) is 12.4. The Labute approximate surface area is 95.7 Å². The Morgan fingerprint density at radius 2 is 2.12 bits per heavy atom. The Morgan fingerprint density at radius 1 is 1.41 bits per heavy atom. The SMILES string of the molecule is CN(C)C=Nc1ccc([N+](=O)[O-])c2nonc12. The van der Waals surface area contributed by atoms with Crippen molar-refractivity contribution in [2.45, 2.75) is 0 Å². The number of nitro groups is 1. The highest BCUT2D eigenvalue weighted by Gasteiger charge is 2.18. The van der Waals surface area contributed by atoms with Gasteiger partial charge in [-0.2, -0.15) is 0 Å². The highest BCUT2D eigenvalue weighted by molar-refractivity contribution is 5.93. The van der Waals surface area contributed by atoms with Crippen LogP contribution in [0.2, 0.25) is 0 Å². The summed E-state index contributed by atoms with van der Waals surface area (Å²) >= 11 is 0. The smallest absolute Gasteiger partial charge is 0.300 e. The van der Waals surface area contributed by atoms with Gasteiger partial charge in [-0.05, 0) is 16.4 Å². The van der Waals surface area contributed by atoms with Crippen molar-refractivity contribution < 1.29 is 9.55 Å². The Hall–Kier alpha value is -2.51. The summed E-state index contributed by atoms with van der Waals surface area (Å²) in [6.07, 6.45) is 1.56. The van der Waals surface area contributed by atoms with Crippen molar-refractivity contribution >= 4 is 28.7 Å². The van der Waals surface area contributed by atoms with E-state index in [0.29, 0.717) is 5.69 Å². The highest BCUT2D eigenvalue weighted by atomic mass is 16.6. The molecule has 8 nitrogen and oxygen atoms in total. The monoisotopic (exact) mass is 235 g/mol. The Balaban J connectivity index is 2.57. The maximum atomic E-state index is 10.7. The van der Waals surface area contributed by atoms with E-state index in [1.54, 1.807) is 11.2 Å². The van der Waals surface area contributed by atoms with Gasteiger partial charge < -0.3 is 4.90 Å². The summed E-state index contributed by atoms with van der Waals surface area (Å²) in [4.78, 5) is 16.1. The lowest BCUT2D eigenvalue weighted by Crippen LogP contribution is -2.07. The predicted molar refractivity (Wildman–Crippen MR) is 60.3 cm³/mol. The van der Waals surface area contributed by atoms with Gasteiger partial charge >= 0.3 is 5.69 Å². The lowest BCUT2D eigenvalue weighted by Gasteiger charge is -2.01. The average molecular weight is 235 g/mol. The maximum Gasteiger partial charge on any atom is 0.300 e. The van der Waals surface area contributed by atoms with Gasteiger partial charge in [0.2, 0.25) is 5.52 Å². The molecular weight excluding hydrogens is 226 g/mol. The molecule has 0 aliphatic rings. The lowest BCUT2D eigenvalue weighted by molar-refractivity contribution is -0.383. The molecule has 0 N–H and O–H groups in total. The van der Waals surface area contributed by atoms with E-state index in [0.717, 1.165) is 0 Å². The van der Waals surface area contributed by atoms with Gasteiger partial charge in [0, 0.05) is 20.2 Å². The third kappa shape index (κ3) is 2.05. The van der Waals surface area contributed by atoms with Crippen molar-refractivity contribution in [2.75, 3.05) is 14.1 Å². The minimum Gasteiger partial charge on any atom is -0.369 e. The van der Waals surface area contributed by atoms with Gasteiger partial charge in [0.05, 0.1) is 16.9 Å². The van der Waals surface area contributed by atoms with Crippen LogP contribution in [-0.2, 0) is 0 Å². The van der Waals surface area contributed by atoms with Crippen LogP contribution in [0.1, 0.15) is 0 Å². The molecule has 0 saturated heterocycles. The van der Waals surface area contributed by atoms with Gasteiger partial charge in [0.15, 0.2) is 5.52 Å². The fourth-order valence-electron chi connectivity index (χ4n) is 1.27. The number of nitrogens with zero attached hydrogens (tertiary/aromatic N) is 5. The van der Waals surface area contributed by atoms with Gasteiger partial charge in [-0.25, -0.2) is 9.62 Å². The second-order valence-electron chi connectivity index (χ2n) is 3.53. The van der Waals surface area contributed by atoms with E-state index >= 15 is 0 Å². The molecule has 17 heavy (non-hydrogen) atoms. The highest BCUT2D eigenvalue weighted by Crippen LogP contribution is 2.30. The molecule has 0 spiro atoms. The Kier molecular flexibility index (Phi) is 2.69. The molecule has 2 rings (SSSR count). The van der Waals surface area contributed by atoms with Crippen LogP contribution < -0.4 is 0 Å². The van der Waals surface area contributed by atoms with Gasteiger partial charge in [-0.3, -0.25) is 10.1 Å². The number of hydrogen-bond acceptors (Lipinski definition) is 6. The first-order chi connectivity index (χ1) is 8.09. The molecular formula is C9H9N5O3. The topological polar surface area (TPSA) is 97.7 Å². The van der Waals surface area contributed by atoms with E-state index in [-0.39, 0.29) is 16.7 Å². The van der Waals surface area contributed by atoms with Crippen molar-refractivity contribution in [3.8, 4) is 0 Å². The normalized spacial score (nSPS) is 11.2. The van der Waals surface area contributed by atoms with E-state index in [1.807, 2.05) is 14.1 Å². The number of aliphatic imine (C=N–C) groups is 1. The molecule has 0 aliphatic heterocycles. The van der Waals surface area contributed by atoms with Gasteiger partial charge in [-0.1, -0.05) is 0 Å². The third-order valence-corrected chi connectivity index (χ3v) is 2.00. The van der Waals surface area contributed by atoms with Crippen LogP contribution in [-0.4, -0.2) is 40.6 Å². The van der Waals surface area contributed by atoms with Crippen LogP contribution in [0.4, 0.5) is 11.4 Å². The number of nitro benzene ring substituents is 1. The first-order valence-electron chi connectivity index (χ1n) is 4.70. The molecule has 8 heteroatoms. The largest absolute Gasteiger partial charge is 0.369 e. The van der Waals surface area contributed by atoms with E-state index in [1.165, 1.54) is 12.1 Å². The Morgan fingerprint density at radius 3 is 2.76 bits per heavy atom. The molecule has 0 saturated carbocycles. The summed E-state index contributed by atoms with van der Waals surface area (Å²) in [5.41, 5.74) is 0.700. The van der Waals surface area contributed by atoms with Gasteiger partial charge in [0.1, 0.15) is 0 Å². The molecule has 0 atom stereocenters. The second-order valence-corrected chi connectivity index (χ2v) is 3.53. The minimum atomic E-state index is -0.536. The molecule has 0 bridgehead atoms. The number of rotatable bonds is 3. The molecule has 0 unspecified atom stereocenters. The first-order valence-corrected chi connectivity index (χ1v) is 4.70. The summed E-state index contributed by atoms with van der Waals surface area (Å²) < 4.78 is 4.51. The zero-order valence-electron chi connectivity index (χ0n) is 9.19. The van der Waals surface area contributed by atoms with E-state index < -0.39 is 4.92 Å². The number of hydrogen-bond donors (Lipinski definition) is 0. The standard InChI is InChI=1S/C9H9N5O3/c1-13(2)5-10-6-3-4-7(14(15)16)9-8(6)11-17-12-9/h3-5H,1-2H3. The summed E-state index contributed by atoms with van der Waals surface area (Å²) in [5, 5.41) is 17.9. The molecule has 88 valence electrons. The molecule has 1 aromatic carbocycles. The van der Waals surface area contributed by atoms with Crippen molar-refractivity contribution in [1.29, 1.82) is 0 Å². The van der Waals surface area contributed by atoms with Crippen LogP contribution in [0.3, 0.4) is 0 Å².